The topological polar surface area (TPSA) is 79.7 Å². The molecule has 1 aromatic carbocycles. The van der Waals surface area contributed by atoms with Gasteiger partial charge in [0.1, 0.15) is 0 Å². The molecule has 2 unspecified atom stereocenters. The van der Waals surface area contributed by atoms with E-state index in [9.17, 15) is 0 Å². The van der Waals surface area contributed by atoms with Crippen molar-refractivity contribution in [2.45, 2.75) is 37.4 Å². The van der Waals surface area contributed by atoms with Crippen molar-refractivity contribution in [1.82, 2.24) is 0 Å². The van der Waals surface area contributed by atoms with Gasteiger partial charge >= 0.3 is 8.80 Å². The second-order valence-electron chi connectivity index (χ2n) is 5.28. The first kappa shape index (κ1) is 21.5. The lowest BCUT2D eigenvalue weighted by molar-refractivity contribution is 0.122. The fraction of sp³-hybridized carbons (Fsp3) is 0.600. The normalized spacial score (nSPS) is 14.2. The molecule has 0 spiro atoms. The first-order chi connectivity index (χ1) is 10.0. The van der Waals surface area contributed by atoms with Gasteiger partial charge in [-0.25, -0.2) is 0 Å². The summed E-state index contributed by atoms with van der Waals surface area (Å²) in [5, 5.41) is 0. The quantitative estimate of drug-likeness (QED) is 0.632. The molecule has 0 aliphatic heterocycles. The predicted molar refractivity (Wildman–Crippen MR) is 94.2 cm³/mol. The van der Waals surface area contributed by atoms with E-state index >= 15 is 0 Å². The summed E-state index contributed by atoms with van der Waals surface area (Å²) < 4.78 is 16.2. The van der Waals surface area contributed by atoms with Crippen molar-refractivity contribution in [2.24, 2.45) is 11.5 Å². The molecular formula is C15H29ClN2O3Si. The molecule has 2 atom stereocenters. The Morgan fingerprint density at radius 2 is 1.50 bits per heavy atom. The summed E-state index contributed by atoms with van der Waals surface area (Å²) in [6.07, 6.45) is 2.40. The van der Waals surface area contributed by atoms with Gasteiger partial charge in [0, 0.05) is 39.5 Å². The number of nitrogens with two attached hydrogens (primary N) is 2. The lowest BCUT2D eigenvalue weighted by atomic mass is 9.99. The van der Waals surface area contributed by atoms with E-state index in [4.69, 9.17) is 24.7 Å². The van der Waals surface area contributed by atoms with Crippen LogP contribution in [0.1, 0.15) is 18.4 Å². The van der Waals surface area contributed by atoms with Crippen LogP contribution in [-0.4, -0.2) is 42.2 Å². The van der Waals surface area contributed by atoms with E-state index in [1.807, 2.05) is 18.2 Å². The molecule has 0 amide bonds. The summed E-state index contributed by atoms with van der Waals surface area (Å²) in [5.74, 6) is 0. The highest BCUT2D eigenvalue weighted by Crippen LogP contribution is 2.17. The van der Waals surface area contributed by atoms with Gasteiger partial charge in [-0.1, -0.05) is 30.3 Å². The molecule has 0 fully saturated rings. The first-order valence-corrected chi connectivity index (χ1v) is 9.19. The van der Waals surface area contributed by atoms with Crippen LogP contribution >= 0.6 is 12.4 Å². The smallest absolute Gasteiger partial charge is 0.377 e. The van der Waals surface area contributed by atoms with Gasteiger partial charge in [-0.15, -0.1) is 12.4 Å². The zero-order chi connectivity index (χ0) is 15.7. The minimum Gasteiger partial charge on any atom is -0.377 e. The zero-order valence-corrected chi connectivity index (χ0v) is 15.5. The van der Waals surface area contributed by atoms with Crippen LogP contribution in [0.15, 0.2) is 30.3 Å². The van der Waals surface area contributed by atoms with Gasteiger partial charge in [0.05, 0.1) is 0 Å². The number of halogens is 1. The van der Waals surface area contributed by atoms with Crippen molar-refractivity contribution in [3.63, 3.8) is 0 Å². The van der Waals surface area contributed by atoms with E-state index in [0.717, 1.165) is 19.3 Å². The van der Waals surface area contributed by atoms with Crippen molar-refractivity contribution in [1.29, 1.82) is 0 Å². The minimum atomic E-state index is -2.53. The number of hydrogen-bond acceptors (Lipinski definition) is 5. The number of rotatable bonds is 10. The Labute approximate surface area is 141 Å². The van der Waals surface area contributed by atoms with Gasteiger partial charge in [-0.05, 0) is 24.8 Å². The molecular weight excluding hydrogens is 320 g/mol. The molecule has 22 heavy (non-hydrogen) atoms. The summed E-state index contributed by atoms with van der Waals surface area (Å²) in [4.78, 5) is 0. The maximum atomic E-state index is 6.18. The van der Waals surface area contributed by atoms with E-state index < -0.39 is 8.80 Å². The fourth-order valence-corrected chi connectivity index (χ4v) is 4.26. The number of benzene rings is 1. The highest BCUT2D eigenvalue weighted by molar-refractivity contribution is 6.60. The van der Waals surface area contributed by atoms with Crippen molar-refractivity contribution in [2.75, 3.05) is 21.3 Å². The maximum Gasteiger partial charge on any atom is 0.500 e. The third kappa shape index (κ3) is 7.19. The number of hydrogen-bond donors (Lipinski definition) is 2. The van der Waals surface area contributed by atoms with Gasteiger partial charge in [-0.2, -0.15) is 0 Å². The molecule has 7 heteroatoms. The summed E-state index contributed by atoms with van der Waals surface area (Å²) in [7, 11) is 2.32. The molecule has 5 nitrogen and oxygen atoms in total. The van der Waals surface area contributed by atoms with Crippen LogP contribution < -0.4 is 11.5 Å². The van der Waals surface area contributed by atoms with Gasteiger partial charge in [0.15, 0.2) is 0 Å². The van der Waals surface area contributed by atoms with Gasteiger partial charge in [0.2, 0.25) is 0 Å². The zero-order valence-electron chi connectivity index (χ0n) is 13.7. The molecule has 0 bridgehead atoms. The Morgan fingerprint density at radius 1 is 0.955 bits per heavy atom. The molecule has 0 aliphatic carbocycles. The van der Waals surface area contributed by atoms with Crippen LogP contribution in [0.25, 0.3) is 0 Å². The van der Waals surface area contributed by atoms with Gasteiger partial charge in [0.25, 0.3) is 0 Å². The van der Waals surface area contributed by atoms with Gasteiger partial charge in [-0.3, -0.25) is 0 Å². The Balaban J connectivity index is 0.00000441. The van der Waals surface area contributed by atoms with Crippen molar-refractivity contribution in [3.05, 3.63) is 35.9 Å². The van der Waals surface area contributed by atoms with E-state index in [2.05, 4.69) is 12.1 Å². The molecule has 0 saturated carbocycles. The average Bonchev–Trinajstić information content (AvgIpc) is 2.50. The molecule has 1 aromatic rings. The van der Waals surface area contributed by atoms with Crippen molar-refractivity contribution in [3.8, 4) is 0 Å². The molecule has 0 aliphatic rings. The van der Waals surface area contributed by atoms with Crippen LogP contribution in [0.4, 0.5) is 0 Å². The van der Waals surface area contributed by atoms with Crippen LogP contribution in [-0.2, 0) is 19.7 Å². The lowest BCUT2D eigenvalue weighted by Crippen LogP contribution is -2.44. The second-order valence-corrected chi connectivity index (χ2v) is 8.37. The molecule has 4 N–H and O–H groups in total. The van der Waals surface area contributed by atoms with Crippen LogP contribution in [0.2, 0.25) is 6.04 Å². The molecule has 0 heterocycles. The standard InChI is InChI=1S/C15H28N2O3Si.ClH/c1-18-21(19-2,20-3)10-9-14(16)12-15(17)11-13-7-5-4-6-8-13;/h4-8,14-15H,9-12,16-17H2,1-3H3;1H. The molecule has 0 saturated heterocycles. The van der Waals surface area contributed by atoms with Crippen LogP contribution in [0, 0.1) is 0 Å². The van der Waals surface area contributed by atoms with E-state index in [0.29, 0.717) is 6.04 Å². The Kier molecular flexibility index (Phi) is 10.9. The SMILES string of the molecule is CO[Si](CCC(N)CC(N)Cc1ccccc1)(OC)OC.Cl. The van der Waals surface area contributed by atoms with Gasteiger partial charge < -0.3 is 24.7 Å². The molecule has 128 valence electrons. The first-order valence-electron chi connectivity index (χ1n) is 7.25. The average molecular weight is 349 g/mol. The van der Waals surface area contributed by atoms with E-state index in [-0.39, 0.29) is 24.5 Å². The van der Waals surface area contributed by atoms with Crippen LogP contribution in [0.5, 0.6) is 0 Å². The van der Waals surface area contributed by atoms with E-state index in [1.54, 1.807) is 21.3 Å². The maximum absolute atomic E-state index is 6.18. The third-order valence-corrected chi connectivity index (χ3v) is 6.47. The monoisotopic (exact) mass is 348 g/mol. The highest BCUT2D eigenvalue weighted by atomic mass is 35.5. The third-order valence-electron chi connectivity index (χ3n) is 3.70. The van der Waals surface area contributed by atoms with Crippen molar-refractivity contribution >= 4 is 21.2 Å². The summed E-state index contributed by atoms with van der Waals surface area (Å²) in [6, 6.07) is 11.0. The Morgan fingerprint density at radius 3 is 2.00 bits per heavy atom. The Hall–Kier alpha value is -0.473. The Bertz CT molecular complexity index is 385. The van der Waals surface area contributed by atoms with Crippen LogP contribution in [0.3, 0.4) is 0 Å². The van der Waals surface area contributed by atoms with E-state index in [1.165, 1.54) is 5.56 Å². The second kappa shape index (κ2) is 11.1. The predicted octanol–water partition coefficient (Wildman–Crippen LogP) is 1.96. The summed E-state index contributed by atoms with van der Waals surface area (Å²) in [5.41, 5.74) is 13.6. The summed E-state index contributed by atoms with van der Waals surface area (Å²) in [6.45, 7) is 0. The molecule has 1 rings (SSSR count). The fourth-order valence-electron chi connectivity index (χ4n) is 2.43. The van der Waals surface area contributed by atoms with Crippen molar-refractivity contribution < 1.29 is 13.3 Å². The highest BCUT2D eigenvalue weighted by Gasteiger charge is 2.37. The lowest BCUT2D eigenvalue weighted by Gasteiger charge is -2.26. The summed E-state index contributed by atoms with van der Waals surface area (Å²) >= 11 is 0. The minimum absolute atomic E-state index is 0. The molecule has 0 aromatic heterocycles. The molecule has 0 radical (unpaired) electrons. The largest absolute Gasteiger partial charge is 0.500 e.